The van der Waals surface area contributed by atoms with Crippen LogP contribution >= 0.6 is 0 Å². The number of carbonyl (C=O) groups is 1. The van der Waals surface area contributed by atoms with Gasteiger partial charge in [0.15, 0.2) is 5.82 Å². The molecule has 0 fully saturated rings. The molecule has 4 nitrogen and oxygen atoms in total. The van der Waals surface area contributed by atoms with Crippen molar-refractivity contribution in [1.29, 1.82) is 0 Å². The quantitative estimate of drug-likeness (QED) is 0.715. The van der Waals surface area contributed by atoms with E-state index in [-0.39, 0.29) is 5.88 Å². The molecular formula is C20H21F2NO3. The fraction of sp³-hybridized carbons (Fsp3) is 0.300. The number of carbonyl (C=O) groups excluding carboxylic acids is 1. The Morgan fingerprint density at radius 3 is 2.58 bits per heavy atom. The fourth-order valence-corrected chi connectivity index (χ4v) is 2.74. The van der Waals surface area contributed by atoms with Crippen molar-refractivity contribution in [3.05, 3.63) is 64.9 Å². The van der Waals surface area contributed by atoms with Crippen LogP contribution in [0.1, 0.15) is 36.0 Å². The van der Waals surface area contributed by atoms with Gasteiger partial charge in [0.2, 0.25) is 5.88 Å². The Morgan fingerprint density at radius 1 is 1.27 bits per heavy atom. The average molecular weight is 361 g/mol. The molecule has 0 N–H and O–H groups in total. The van der Waals surface area contributed by atoms with Crippen molar-refractivity contribution in [2.75, 3.05) is 14.2 Å². The minimum Gasteiger partial charge on any atom is -0.479 e. The Morgan fingerprint density at radius 2 is 2.00 bits per heavy atom. The van der Waals surface area contributed by atoms with E-state index in [2.05, 4.69) is 4.98 Å². The minimum atomic E-state index is -0.809. The highest BCUT2D eigenvalue weighted by Gasteiger charge is 2.23. The molecule has 0 radical (unpaired) electrons. The number of nitrogens with zero attached hydrogens (tertiary/aromatic N) is 1. The summed E-state index contributed by atoms with van der Waals surface area (Å²) in [4.78, 5) is 16.3. The van der Waals surface area contributed by atoms with Gasteiger partial charge in [0, 0.05) is 6.20 Å². The molecule has 138 valence electrons. The highest BCUT2D eigenvalue weighted by atomic mass is 19.1. The lowest BCUT2D eigenvalue weighted by atomic mass is 9.90. The molecule has 1 heterocycles. The van der Waals surface area contributed by atoms with Crippen molar-refractivity contribution in [2.45, 2.75) is 26.2 Å². The summed E-state index contributed by atoms with van der Waals surface area (Å²) in [5.74, 6) is -2.43. The molecule has 1 aromatic heterocycles. The third-order valence-corrected chi connectivity index (χ3v) is 4.22. The van der Waals surface area contributed by atoms with Crippen LogP contribution in [0.4, 0.5) is 8.78 Å². The predicted molar refractivity (Wildman–Crippen MR) is 94.9 cm³/mol. The number of hydrogen-bond acceptors (Lipinski definition) is 4. The van der Waals surface area contributed by atoms with Crippen molar-refractivity contribution in [3.63, 3.8) is 0 Å². The zero-order valence-corrected chi connectivity index (χ0v) is 15.2. The van der Waals surface area contributed by atoms with Gasteiger partial charge in [-0.1, -0.05) is 25.1 Å². The van der Waals surface area contributed by atoms with Gasteiger partial charge < -0.3 is 9.47 Å². The van der Waals surface area contributed by atoms with Crippen LogP contribution in [-0.2, 0) is 9.53 Å². The molecule has 26 heavy (non-hydrogen) atoms. The second-order valence-corrected chi connectivity index (χ2v) is 5.72. The first-order valence-electron chi connectivity index (χ1n) is 8.16. The molecule has 0 saturated heterocycles. The lowest BCUT2D eigenvalue weighted by Crippen LogP contribution is -2.14. The molecule has 0 aliphatic heterocycles. The van der Waals surface area contributed by atoms with Gasteiger partial charge in [0.25, 0.3) is 0 Å². The van der Waals surface area contributed by atoms with E-state index in [4.69, 9.17) is 9.47 Å². The van der Waals surface area contributed by atoms with Gasteiger partial charge in [0.1, 0.15) is 11.7 Å². The van der Waals surface area contributed by atoms with Crippen molar-refractivity contribution < 1.29 is 23.0 Å². The van der Waals surface area contributed by atoms with Gasteiger partial charge in [-0.05, 0) is 47.7 Å². The number of halogens is 2. The van der Waals surface area contributed by atoms with E-state index in [0.717, 1.165) is 0 Å². The van der Waals surface area contributed by atoms with Crippen LogP contribution in [0.3, 0.4) is 0 Å². The van der Waals surface area contributed by atoms with Gasteiger partial charge >= 0.3 is 5.97 Å². The Kier molecular flexibility index (Phi) is 6.44. The number of ether oxygens (including phenoxy) is 2. The van der Waals surface area contributed by atoms with Crippen LogP contribution < -0.4 is 4.74 Å². The van der Waals surface area contributed by atoms with Crippen LogP contribution in [0.15, 0.2) is 36.5 Å². The molecule has 0 saturated carbocycles. The zero-order valence-electron chi connectivity index (χ0n) is 15.2. The van der Waals surface area contributed by atoms with E-state index in [1.54, 1.807) is 25.1 Å². The monoisotopic (exact) mass is 361 g/mol. The summed E-state index contributed by atoms with van der Waals surface area (Å²) < 4.78 is 37.6. The summed E-state index contributed by atoms with van der Waals surface area (Å²) in [6, 6.07) is 5.85. The molecule has 0 spiro atoms. The summed E-state index contributed by atoms with van der Waals surface area (Å²) in [6.07, 6.45) is 3.66. The van der Waals surface area contributed by atoms with Crippen LogP contribution in [0.2, 0.25) is 0 Å². The standard InChI is InChI=1S/C20H21F2NO3/c1-5-13(14-10-18(22)19(25-3)23-11-14)9-16(20(24)26-4)15-7-6-8-17(21)12(15)2/h6-11,16H,5H2,1-4H3. The first-order chi connectivity index (χ1) is 12.4. The third-order valence-electron chi connectivity index (χ3n) is 4.22. The largest absolute Gasteiger partial charge is 0.479 e. The van der Waals surface area contributed by atoms with Crippen LogP contribution in [0.5, 0.6) is 5.88 Å². The van der Waals surface area contributed by atoms with Crippen molar-refractivity contribution in [2.24, 2.45) is 0 Å². The SMILES string of the molecule is CCC(=CC(C(=O)OC)c1cccc(F)c1C)c1cnc(OC)c(F)c1. The lowest BCUT2D eigenvalue weighted by Gasteiger charge is -2.16. The number of esters is 1. The van der Waals surface area contributed by atoms with E-state index < -0.39 is 23.5 Å². The highest BCUT2D eigenvalue weighted by molar-refractivity contribution is 5.84. The maximum absolute atomic E-state index is 14.0. The van der Waals surface area contributed by atoms with E-state index in [0.29, 0.717) is 28.7 Å². The number of hydrogen-bond donors (Lipinski definition) is 0. The summed E-state index contributed by atoms with van der Waals surface area (Å²) in [7, 11) is 2.61. The topological polar surface area (TPSA) is 48.4 Å². The number of aromatic nitrogens is 1. The number of rotatable bonds is 6. The van der Waals surface area contributed by atoms with Gasteiger partial charge in [-0.3, -0.25) is 4.79 Å². The molecule has 1 aromatic carbocycles. The van der Waals surface area contributed by atoms with Gasteiger partial charge in [-0.25, -0.2) is 13.8 Å². The maximum atomic E-state index is 14.0. The van der Waals surface area contributed by atoms with Crippen LogP contribution in [0.25, 0.3) is 5.57 Å². The molecular weight excluding hydrogens is 340 g/mol. The van der Waals surface area contributed by atoms with Gasteiger partial charge in [-0.15, -0.1) is 0 Å². The predicted octanol–water partition coefficient (Wildman–Crippen LogP) is 4.43. The number of allylic oxidation sites excluding steroid dienone is 1. The van der Waals surface area contributed by atoms with E-state index in [1.807, 2.05) is 6.92 Å². The van der Waals surface area contributed by atoms with Crippen molar-refractivity contribution >= 4 is 11.5 Å². The summed E-state index contributed by atoms with van der Waals surface area (Å²) in [5.41, 5.74) is 2.09. The van der Waals surface area contributed by atoms with Crippen LogP contribution in [0, 0.1) is 18.6 Å². The molecule has 1 unspecified atom stereocenters. The van der Waals surface area contributed by atoms with Crippen molar-refractivity contribution in [1.82, 2.24) is 4.98 Å². The van der Waals surface area contributed by atoms with Crippen LogP contribution in [-0.4, -0.2) is 25.2 Å². The van der Waals surface area contributed by atoms with Crippen molar-refractivity contribution in [3.8, 4) is 5.88 Å². The number of benzene rings is 1. The Balaban J connectivity index is 2.55. The molecule has 0 aliphatic rings. The average Bonchev–Trinajstić information content (AvgIpc) is 2.65. The second kappa shape index (κ2) is 8.56. The first kappa shape index (κ1) is 19.6. The summed E-state index contributed by atoms with van der Waals surface area (Å²) >= 11 is 0. The fourth-order valence-electron chi connectivity index (χ4n) is 2.74. The van der Waals surface area contributed by atoms with E-state index >= 15 is 0 Å². The molecule has 1 atom stereocenters. The molecule has 0 aliphatic carbocycles. The summed E-state index contributed by atoms with van der Waals surface area (Å²) in [5, 5.41) is 0. The number of pyridine rings is 1. The van der Waals surface area contributed by atoms with E-state index in [1.165, 1.54) is 32.5 Å². The molecule has 2 aromatic rings. The minimum absolute atomic E-state index is 0.102. The summed E-state index contributed by atoms with van der Waals surface area (Å²) in [6.45, 7) is 3.48. The second-order valence-electron chi connectivity index (χ2n) is 5.72. The Hall–Kier alpha value is -2.76. The van der Waals surface area contributed by atoms with Gasteiger partial charge in [0.05, 0.1) is 14.2 Å². The molecule has 0 amide bonds. The first-order valence-corrected chi connectivity index (χ1v) is 8.16. The molecule has 2 rings (SSSR count). The maximum Gasteiger partial charge on any atom is 0.317 e. The highest BCUT2D eigenvalue weighted by Crippen LogP contribution is 2.30. The Bertz CT molecular complexity index is 834. The number of methoxy groups -OCH3 is 2. The normalized spacial score (nSPS) is 12.6. The smallest absolute Gasteiger partial charge is 0.317 e. The molecule has 6 heteroatoms. The Labute approximate surface area is 151 Å². The van der Waals surface area contributed by atoms with Gasteiger partial charge in [-0.2, -0.15) is 0 Å². The molecule has 0 bridgehead atoms. The third kappa shape index (κ3) is 4.07. The lowest BCUT2D eigenvalue weighted by molar-refractivity contribution is -0.141. The van der Waals surface area contributed by atoms with E-state index in [9.17, 15) is 13.6 Å². The zero-order chi connectivity index (χ0) is 19.3.